The first kappa shape index (κ1) is 22.4. The molecule has 0 spiro atoms. The van der Waals surface area contributed by atoms with Gasteiger partial charge in [-0.2, -0.15) is 0 Å². The van der Waals surface area contributed by atoms with Gasteiger partial charge in [0.15, 0.2) is 0 Å². The Balaban J connectivity index is 1.32. The number of fused-ring (bicyclic) bond motifs is 2. The number of alkyl carbamates (subject to hydrolysis) is 1. The first-order chi connectivity index (χ1) is 16.6. The third-order valence-corrected chi connectivity index (χ3v) is 7.14. The number of pyridine rings is 1. The second-order valence-electron chi connectivity index (χ2n) is 9.22. The molecule has 0 radical (unpaired) electrons. The zero-order valence-corrected chi connectivity index (χ0v) is 19.2. The van der Waals surface area contributed by atoms with Gasteiger partial charge in [0.1, 0.15) is 5.82 Å². The Labute approximate surface area is 199 Å². The number of carbonyl (C=O) groups is 1. The maximum atomic E-state index is 13.5. The zero-order valence-electron chi connectivity index (χ0n) is 19.2. The number of benzene rings is 1. The lowest BCUT2D eigenvalue weighted by Crippen LogP contribution is -2.43. The van der Waals surface area contributed by atoms with Gasteiger partial charge < -0.3 is 14.5 Å². The fourth-order valence-corrected chi connectivity index (χ4v) is 5.56. The molecule has 2 aliphatic carbocycles. The second-order valence-corrected chi connectivity index (χ2v) is 9.22. The van der Waals surface area contributed by atoms with Crippen LogP contribution in [0.3, 0.4) is 0 Å². The van der Waals surface area contributed by atoms with Gasteiger partial charge in [-0.15, -0.1) is 0 Å². The Morgan fingerprint density at radius 3 is 2.94 bits per heavy atom. The molecule has 1 aromatic carbocycles. The van der Waals surface area contributed by atoms with Crippen molar-refractivity contribution in [3.63, 3.8) is 0 Å². The molecule has 34 heavy (non-hydrogen) atoms. The van der Waals surface area contributed by atoms with Gasteiger partial charge in [-0.3, -0.25) is 4.98 Å². The number of rotatable bonds is 5. The molecule has 6 heteroatoms. The quantitative estimate of drug-likeness (QED) is 0.481. The van der Waals surface area contributed by atoms with E-state index in [1.807, 2.05) is 37.6 Å². The van der Waals surface area contributed by atoms with Gasteiger partial charge in [0, 0.05) is 29.3 Å². The van der Waals surface area contributed by atoms with E-state index < -0.39 is 0 Å². The summed E-state index contributed by atoms with van der Waals surface area (Å²) in [4.78, 5) is 16.5. The van der Waals surface area contributed by atoms with Crippen molar-refractivity contribution in [3.8, 4) is 11.1 Å². The number of amides is 1. The fourth-order valence-electron chi connectivity index (χ4n) is 5.56. The van der Waals surface area contributed by atoms with Gasteiger partial charge in [0.25, 0.3) is 0 Å². The van der Waals surface area contributed by atoms with E-state index in [1.54, 1.807) is 12.3 Å². The van der Waals surface area contributed by atoms with E-state index >= 15 is 0 Å². The van der Waals surface area contributed by atoms with Gasteiger partial charge in [0.2, 0.25) is 0 Å². The van der Waals surface area contributed by atoms with E-state index in [1.165, 1.54) is 23.3 Å². The van der Waals surface area contributed by atoms with Crippen LogP contribution in [-0.2, 0) is 11.2 Å². The van der Waals surface area contributed by atoms with Crippen LogP contribution >= 0.6 is 0 Å². The predicted octanol–water partition coefficient (Wildman–Crippen LogP) is 6.36. The summed E-state index contributed by atoms with van der Waals surface area (Å²) < 4.78 is 24.2. The molecule has 2 aliphatic rings. The van der Waals surface area contributed by atoms with Crippen molar-refractivity contribution in [2.45, 2.75) is 44.6 Å². The molecule has 3 aromatic rings. The monoisotopic (exact) mass is 460 g/mol. The highest BCUT2D eigenvalue weighted by atomic mass is 19.1. The lowest BCUT2D eigenvalue weighted by atomic mass is 9.63. The highest BCUT2D eigenvalue weighted by Gasteiger charge is 2.40. The van der Waals surface area contributed by atoms with Gasteiger partial charge in [-0.05, 0) is 79.8 Å². The molecule has 5 nitrogen and oxygen atoms in total. The number of ether oxygens (including phenoxy) is 1. The molecule has 1 fully saturated rings. The molecule has 1 N–H and O–H groups in total. The van der Waals surface area contributed by atoms with E-state index in [-0.39, 0.29) is 23.9 Å². The molecule has 1 saturated carbocycles. The molecule has 0 aliphatic heterocycles. The Morgan fingerprint density at radius 2 is 2.15 bits per heavy atom. The molecule has 1 amide bonds. The zero-order chi connectivity index (χ0) is 23.5. The molecular weight excluding hydrogens is 431 g/mol. The molecule has 0 bridgehead atoms. The lowest BCUT2D eigenvalue weighted by molar-refractivity contribution is 0.129. The van der Waals surface area contributed by atoms with Crippen LogP contribution in [0.1, 0.15) is 48.9 Å². The van der Waals surface area contributed by atoms with Crippen LogP contribution in [0.25, 0.3) is 17.2 Å². The summed E-state index contributed by atoms with van der Waals surface area (Å²) in [6.07, 6.45) is 13.4. The fraction of sp³-hybridized carbons (Fsp3) is 0.357. The first-order valence-corrected chi connectivity index (χ1v) is 12.0. The average molecular weight is 461 g/mol. The van der Waals surface area contributed by atoms with Crippen molar-refractivity contribution in [2.75, 3.05) is 6.61 Å². The Hall–Kier alpha value is -3.41. The summed E-state index contributed by atoms with van der Waals surface area (Å²) in [6, 6.07) is 10.6. The summed E-state index contributed by atoms with van der Waals surface area (Å²) in [5, 5.41) is 3.03. The summed E-state index contributed by atoms with van der Waals surface area (Å²) in [5.41, 5.74) is 5.08. The number of nitrogens with one attached hydrogen (secondary N) is 1. The molecule has 5 rings (SSSR count). The Morgan fingerprint density at radius 1 is 1.24 bits per heavy atom. The SMILES string of the molecule is CCOC(=O)N[C@H]1CC[C@@H]2[C@H](Cc3cocc3[C@H]2/C=C/c2ccc(-c3cccc(F)c3)cn2)C1. The molecule has 4 atom stereocenters. The first-order valence-electron chi connectivity index (χ1n) is 12.0. The van der Waals surface area contributed by atoms with E-state index in [0.717, 1.165) is 42.5 Å². The van der Waals surface area contributed by atoms with E-state index in [0.29, 0.717) is 18.4 Å². The highest BCUT2D eigenvalue weighted by Crippen LogP contribution is 2.48. The highest BCUT2D eigenvalue weighted by molar-refractivity contribution is 5.67. The summed E-state index contributed by atoms with van der Waals surface area (Å²) in [5.74, 6) is 0.967. The number of allylic oxidation sites excluding steroid dienone is 1. The maximum Gasteiger partial charge on any atom is 0.407 e. The number of halogens is 1. The summed E-state index contributed by atoms with van der Waals surface area (Å²) in [7, 11) is 0. The second kappa shape index (κ2) is 9.84. The van der Waals surface area contributed by atoms with Crippen molar-refractivity contribution in [2.24, 2.45) is 11.8 Å². The molecular formula is C28H29FN2O3. The minimum absolute atomic E-state index is 0.149. The maximum absolute atomic E-state index is 13.5. The van der Waals surface area contributed by atoms with Crippen LogP contribution in [0.4, 0.5) is 9.18 Å². The van der Waals surface area contributed by atoms with Crippen molar-refractivity contribution in [3.05, 3.63) is 83.8 Å². The van der Waals surface area contributed by atoms with Crippen LogP contribution in [0, 0.1) is 17.7 Å². The van der Waals surface area contributed by atoms with Crippen LogP contribution in [0.2, 0.25) is 0 Å². The number of furan rings is 1. The van der Waals surface area contributed by atoms with Gasteiger partial charge in [0.05, 0.1) is 24.8 Å². The van der Waals surface area contributed by atoms with Crippen molar-refractivity contribution < 1.29 is 18.3 Å². The van der Waals surface area contributed by atoms with Crippen LogP contribution in [0.15, 0.2) is 65.6 Å². The van der Waals surface area contributed by atoms with Crippen molar-refractivity contribution in [1.29, 1.82) is 0 Å². The third kappa shape index (κ3) is 4.76. The number of carbonyl (C=O) groups excluding carboxylic acids is 1. The predicted molar refractivity (Wildman–Crippen MR) is 129 cm³/mol. The number of aromatic nitrogens is 1. The Kier molecular flexibility index (Phi) is 6.48. The normalized spacial score (nSPS) is 23.8. The topological polar surface area (TPSA) is 64.4 Å². The summed E-state index contributed by atoms with van der Waals surface area (Å²) >= 11 is 0. The minimum Gasteiger partial charge on any atom is -0.472 e. The van der Waals surface area contributed by atoms with Gasteiger partial charge >= 0.3 is 6.09 Å². The van der Waals surface area contributed by atoms with E-state index in [2.05, 4.69) is 22.5 Å². The molecule has 2 aromatic heterocycles. The van der Waals surface area contributed by atoms with E-state index in [9.17, 15) is 9.18 Å². The van der Waals surface area contributed by atoms with Crippen LogP contribution in [0.5, 0.6) is 0 Å². The lowest BCUT2D eigenvalue weighted by Gasteiger charge is -2.42. The standard InChI is InChI=1S/C28H29FN2O3/c1-2-34-28(32)31-24-9-10-25-20(14-24)12-21-16-33-17-27(21)26(25)11-8-23-7-6-19(15-30-23)18-4-3-5-22(29)13-18/h3-8,11,13,15-17,20,24-26H,2,9-10,12,14H2,1H3,(H,31,32)/b11-8+/t20-,24+,25-,26+/m1/s1. The number of hydrogen-bond acceptors (Lipinski definition) is 4. The van der Waals surface area contributed by atoms with E-state index in [4.69, 9.17) is 9.15 Å². The van der Waals surface area contributed by atoms with Gasteiger partial charge in [-0.25, -0.2) is 9.18 Å². The minimum atomic E-state index is -0.324. The largest absolute Gasteiger partial charge is 0.472 e. The number of hydrogen-bond donors (Lipinski definition) is 1. The summed E-state index contributed by atoms with van der Waals surface area (Å²) in [6.45, 7) is 2.20. The third-order valence-electron chi connectivity index (χ3n) is 7.14. The van der Waals surface area contributed by atoms with Crippen molar-refractivity contribution in [1.82, 2.24) is 10.3 Å². The molecule has 176 valence electrons. The molecule has 2 heterocycles. The smallest absolute Gasteiger partial charge is 0.407 e. The van der Waals surface area contributed by atoms with Crippen LogP contribution in [-0.4, -0.2) is 23.7 Å². The van der Waals surface area contributed by atoms with Crippen LogP contribution < -0.4 is 5.32 Å². The average Bonchev–Trinajstić information content (AvgIpc) is 3.30. The number of nitrogens with zero attached hydrogens (tertiary/aromatic N) is 1. The Bertz CT molecular complexity index is 1170. The molecule has 0 unspecified atom stereocenters. The van der Waals surface area contributed by atoms with Gasteiger partial charge in [-0.1, -0.05) is 24.3 Å². The molecule has 0 saturated heterocycles. The van der Waals surface area contributed by atoms with Crippen molar-refractivity contribution >= 4 is 12.2 Å².